The largest absolute Gasteiger partial charge is 0.494 e. The number of carbonyl (C=O) groups is 1. The van der Waals surface area contributed by atoms with E-state index in [1.54, 1.807) is 6.92 Å². The summed E-state index contributed by atoms with van der Waals surface area (Å²) < 4.78 is 1.00. The number of rotatable bonds is 4. The number of nitrogens with zero attached hydrogens (tertiary/aromatic N) is 1. The van der Waals surface area contributed by atoms with Gasteiger partial charge >= 0.3 is 0 Å². The van der Waals surface area contributed by atoms with Crippen molar-refractivity contribution in [3.63, 3.8) is 0 Å². The van der Waals surface area contributed by atoms with Crippen LogP contribution in [0.4, 0.5) is 5.69 Å². The Morgan fingerprint density at radius 1 is 1.62 bits per heavy atom. The molecule has 1 heterocycles. The second-order valence-corrected chi connectivity index (χ2v) is 4.26. The van der Waals surface area contributed by atoms with E-state index in [-0.39, 0.29) is 29.8 Å². The Morgan fingerprint density at radius 2 is 2.19 bits per heavy atom. The maximum atomic E-state index is 11.7. The van der Waals surface area contributed by atoms with Gasteiger partial charge in [-0.05, 0) is 6.92 Å². The Hall–Kier alpha value is -1.34. The van der Waals surface area contributed by atoms with Gasteiger partial charge in [0.05, 0.1) is 10.9 Å². The molecule has 0 saturated carbocycles. The van der Waals surface area contributed by atoms with E-state index in [0.717, 1.165) is 10.6 Å². The summed E-state index contributed by atoms with van der Waals surface area (Å²) in [6.07, 6.45) is 0. The Labute approximate surface area is 98.3 Å². The van der Waals surface area contributed by atoms with Crippen molar-refractivity contribution in [3.05, 3.63) is 6.07 Å². The molecular formula is C9H15N3O3S. The van der Waals surface area contributed by atoms with E-state index in [4.69, 9.17) is 11.5 Å². The predicted molar refractivity (Wildman–Crippen MR) is 63.7 cm³/mol. The molecule has 0 aliphatic heterocycles. The van der Waals surface area contributed by atoms with Gasteiger partial charge in [-0.15, -0.1) is 0 Å². The zero-order valence-electron chi connectivity index (χ0n) is 8.79. The van der Waals surface area contributed by atoms with Crippen LogP contribution in [0.3, 0.4) is 0 Å². The lowest BCUT2D eigenvalue weighted by Crippen LogP contribution is -2.31. The number of nitrogen functional groups attached to an aromatic ring is 1. The molecule has 0 aromatic carbocycles. The van der Waals surface area contributed by atoms with E-state index in [9.17, 15) is 15.0 Å². The van der Waals surface area contributed by atoms with Gasteiger partial charge in [-0.1, -0.05) is 0 Å². The van der Waals surface area contributed by atoms with Crippen LogP contribution >= 0.6 is 12.6 Å². The molecule has 7 heteroatoms. The molecule has 0 spiro atoms. The minimum absolute atomic E-state index is 0.00410. The average Bonchev–Trinajstić information content (AvgIpc) is 2.45. The number of nitrogens with two attached hydrogens (primary N) is 2. The van der Waals surface area contributed by atoms with Crippen LogP contribution in [-0.4, -0.2) is 32.4 Å². The molecule has 0 amide bonds. The predicted octanol–water partition coefficient (Wildman–Crippen LogP) is -0.131. The van der Waals surface area contributed by atoms with Crippen molar-refractivity contribution in [3.8, 4) is 11.8 Å². The van der Waals surface area contributed by atoms with Gasteiger partial charge in [0.25, 0.3) is 0 Å². The summed E-state index contributed by atoms with van der Waals surface area (Å²) in [7, 11) is 0. The lowest BCUT2D eigenvalue weighted by molar-refractivity contribution is -0.121. The number of hydrogen-bond acceptors (Lipinski definition) is 6. The van der Waals surface area contributed by atoms with Crippen LogP contribution in [0.1, 0.15) is 13.0 Å². The highest BCUT2D eigenvalue weighted by Gasteiger charge is 2.27. The van der Waals surface area contributed by atoms with Crippen molar-refractivity contribution in [2.24, 2.45) is 5.73 Å². The fourth-order valence-electron chi connectivity index (χ4n) is 1.46. The first-order valence-corrected chi connectivity index (χ1v) is 5.22. The standard InChI is InChI=1S/C9H15N3O3S/c1-4(16)8(14)6(3-10)12-7(13)2-5(11)9(12)15/h2,4,6,13,15-16H,3,10-11H2,1H3. The van der Waals surface area contributed by atoms with Crippen molar-refractivity contribution < 1.29 is 15.0 Å². The Kier molecular flexibility index (Phi) is 3.71. The Morgan fingerprint density at radius 3 is 2.50 bits per heavy atom. The smallest absolute Gasteiger partial charge is 0.218 e. The summed E-state index contributed by atoms with van der Waals surface area (Å²) in [4.78, 5) is 11.7. The first kappa shape index (κ1) is 12.7. The minimum Gasteiger partial charge on any atom is -0.494 e. The summed E-state index contributed by atoms with van der Waals surface area (Å²) >= 11 is 4.00. The molecular weight excluding hydrogens is 230 g/mol. The summed E-state index contributed by atoms with van der Waals surface area (Å²) in [5.74, 6) is -0.963. The maximum Gasteiger partial charge on any atom is 0.218 e. The number of carbonyl (C=O) groups excluding carboxylic acids is 1. The van der Waals surface area contributed by atoms with Crippen molar-refractivity contribution in [2.45, 2.75) is 18.2 Å². The number of Topliss-reactive ketones (excluding diaryl/α,β-unsaturated/α-hetero) is 1. The molecule has 6 nitrogen and oxygen atoms in total. The maximum absolute atomic E-state index is 11.7. The molecule has 90 valence electrons. The van der Waals surface area contributed by atoms with Crippen molar-refractivity contribution in [1.29, 1.82) is 0 Å². The van der Waals surface area contributed by atoms with Gasteiger partial charge in [0.15, 0.2) is 11.7 Å². The molecule has 2 unspecified atom stereocenters. The normalized spacial score (nSPS) is 14.7. The second kappa shape index (κ2) is 4.67. The number of hydrogen-bond donors (Lipinski definition) is 5. The molecule has 1 aromatic rings. The fourth-order valence-corrected chi connectivity index (χ4v) is 1.63. The van der Waals surface area contributed by atoms with E-state index in [2.05, 4.69) is 12.6 Å². The van der Waals surface area contributed by atoms with Gasteiger partial charge < -0.3 is 21.7 Å². The molecule has 1 rings (SSSR count). The molecule has 0 aliphatic carbocycles. The van der Waals surface area contributed by atoms with Crippen LogP contribution in [0.15, 0.2) is 6.07 Å². The van der Waals surface area contributed by atoms with E-state index >= 15 is 0 Å². The van der Waals surface area contributed by atoms with Gasteiger partial charge in [-0.3, -0.25) is 9.36 Å². The molecule has 0 radical (unpaired) electrons. The van der Waals surface area contributed by atoms with Gasteiger partial charge in [0.1, 0.15) is 6.04 Å². The van der Waals surface area contributed by atoms with Crippen molar-refractivity contribution in [1.82, 2.24) is 4.57 Å². The lowest BCUT2D eigenvalue weighted by Gasteiger charge is -2.19. The molecule has 2 atom stereocenters. The number of anilines is 1. The molecule has 6 N–H and O–H groups in total. The SMILES string of the molecule is CC(S)C(=O)C(CN)n1c(O)cc(N)c1O. The highest BCUT2D eigenvalue weighted by molar-refractivity contribution is 7.81. The summed E-state index contributed by atoms with van der Waals surface area (Å²) in [6, 6.07) is 0.291. The number of aromatic nitrogens is 1. The second-order valence-electron chi connectivity index (χ2n) is 3.48. The van der Waals surface area contributed by atoms with Crippen LogP contribution in [-0.2, 0) is 4.79 Å². The molecule has 0 fully saturated rings. The first-order chi connectivity index (χ1) is 7.40. The highest BCUT2D eigenvalue weighted by atomic mass is 32.1. The molecule has 0 bridgehead atoms. The number of ketones is 1. The molecule has 16 heavy (non-hydrogen) atoms. The van der Waals surface area contributed by atoms with E-state index < -0.39 is 11.3 Å². The third kappa shape index (κ3) is 2.10. The molecule has 0 saturated heterocycles. The Bertz CT molecular complexity index is 403. The van der Waals surface area contributed by atoms with Crippen LogP contribution in [0.2, 0.25) is 0 Å². The number of aromatic hydroxyl groups is 2. The van der Waals surface area contributed by atoms with Crippen LogP contribution in [0, 0.1) is 0 Å². The van der Waals surface area contributed by atoms with Gasteiger partial charge in [-0.2, -0.15) is 12.6 Å². The van der Waals surface area contributed by atoms with Crippen molar-refractivity contribution in [2.75, 3.05) is 12.3 Å². The van der Waals surface area contributed by atoms with E-state index in [1.807, 2.05) is 0 Å². The highest BCUT2D eigenvalue weighted by Crippen LogP contribution is 2.33. The number of thiol groups is 1. The fraction of sp³-hybridized carbons (Fsp3) is 0.444. The molecule has 1 aromatic heterocycles. The van der Waals surface area contributed by atoms with E-state index in [0.29, 0.717) is 0 Å². The third-order valence-electron chi connectivity index (χ3n) is 2.29. The lowest BCUT2D eigenvalue weighted by atomic mass is 10.1. The zero-order valence-corrected chi connectivity index (χ0v) is 9.69. The van der Waals surface area contributed by atoms with E-state index in [1.165, 1.54) is 0 Å². The van der Waals surface area contributed by atoms with Gasteiger partial charge in [0, 0.05) is 12.6 Å². The zero-order chi connectivity index (χ0) is 12.5. The van der Waals surface area contributed by atoms with Crippen LogP contribution in [0.25, 0.3) is 0 Å². The topological polar surface area (TPSA) is 114 Å². The minimum atomic E-state index is -0.871. The Balaban J connectivity index is 3.18. The summed E-state index contributed by atoms with van der Waals surface area (Å²) in [5.41, 5.74) is 10.9. The van der Waals surface area contributed by atoms with Crippen molar-refractivity contribution >= 4 is 24.1 Å². The third-order valence-corrected chi connectivity index (χ3v) is 2.55. The average molecular weight is 245 g/mol. The summed E-state index contributed by atoms with van der Waals surface area (Å²) in [6.45, 7) is 1.54. The quantitative estimate of drug-likeness (QED) is 0.474. The van der Waals surface area contributed by atoms with Crippen LogP contribution < -0.4 is 11.5 Å². The monoisotopic (exact) mass is 245 g/mol. The van der Waals surface area contributed by atoms with Crippen LogP contribution in [0.5, 0.6) is 11.8 Å². The van der Waals surface area contributed by atoms with Gasteiger partial charge in [0.2, 0.25) is 5.88 Å². The molecule has 0 aliphatic rings. The van der Waals surface area contributed by atoms with Gasteiger partial charge in [-0.25, -0.2) is 0 Å². The first-order valence-electron chi connectivity index (χ1n) is 4.70. The summed E-state index contributed by atoms with van der Waals surface area (Å²) in [5, 5.41) is 18.6.